The molecule has 0 radical (unpaired) electrons. The molecule has 0 spiro atoms. The summed E-state index contributed by atoms with van der Waals surface area (Å²) in [5.41, 5.74) is -0.206. The molecule has 1 aliphatic heterocycles. The molecule has 1 saturated heterocycles. The lowest BCUT2D eigenvalue weighted by atomic mass is 10.1. The third kappa shape index (κ3) is 3.57. The van der Waals surface area contributed by atoms with E-state index >= 15 is 0 Å². The average molecular weight is 311 g/mol. The Hall–Kier alpha value is -2.51. The summed E-state index contributed by atoms with van der Waals surface area (Å²) in [6.45, 7) is 0. The molecule has 2 aliphatic rings. The Bertz CT molecular complexity index is 623. The number of piperidine rings is 1. The molecule has 0 saturated carbocycles. The highest BCUT2D eigenvalue weighted by Crippen LogP contribution is 2.23. The molecule has 0 bridgehead atoms. The predicted molar refractivity (Wildman–Crippen MR) is 73.4 cm³/mol. The van der Waals surface area contributed by atoms with E-state index in [4.69, 9.17) is 0 Å². The lowest BCUT2D eigenvalue weighted by molar-refractivity contribution is -0.136. The Labute approximate surface area is 125 Å². The minimum atomic E-state index is -0.901. The van der Waals surface area contributed by atoms with Crippen molar-refractivity contribution in [2.24, 2.45) is 0 Å². The van der Waals surface area contributed by atoms with Crippen LogP contribution in [-0.2, 0) is 14.4 Å². The number of amides is 3. The predicted octanol–water partition coefficient (Wildman–Crippen LogP) is 0.492. The number of hydrogen-bond donors (Lipinski definition) is 3. The maximum absolute atomic E-state index is 13.8. The van der Waals surface area contributed by atoms with Crippen LogP contribution in [0, 0.1) is 0 Å². The van der Waals surface area contributed by atoms with Crippen LogP contribution in [-0.4, -0.2) is 30.8 Å². The summed E-state index contributed by atoms with van der Waals surface area (Å²) in [6.07, 6.45) is 1.78. The molecule has 1 fully saturated rings. The SMILES string of the molecule is CNC1=C(F)C=C(C(=O)NC2CCC(=O)NC2=O)C=C(F)C1. The Morgan fingerprint density at radius 2 is 2.05 bits per heavy atom. The van der Waals surface area contributed by atoms with Crippen LogP contribution in [0.5, 0.6) is 0 Å². The quantitative estimate of drug-likeness (QED) is 0.662. The van der Waals surface area contributed by atoms with E-state index in [9.17, 15) is 23.2 Å². The first-order valence-electron chi connectivity index (χ1n) is 6.69. The van der Waals surface area contributed by atoms with Gasteiger partial charge in [0.05, 0.1) is 5.70 Å². The third-order valence-electron chi connectivity index (χ3n) is 3.34. The van der Waals surface area contributed by atoms with Crippen molar-refractivity contribution in [3.63, 3.8) is 0 Å². The van der Waals surface area contributed by atoms with Gasteiger partial charge in [-0.2, -0.15) is 0 Å². The molecule has 1 atom stereocenters. The van der Waals surface area contributed by atoms with E-state index in [0.717, 1.165) is 12.2 Å². The van der Waals surface area contributed by atoms with Crippen molar-refractivity contribution in [3.05, 3.63) is 35.1 Å². The van der Waals surface area contributed by atoms with Crippen LogP contribution in [0.4, 0.5) is 8.78 Å². The second-order valence-electron chi connectivity index (χ2n) is 4.92. The van der Waals surface area contributed by atoms with E-state index < -0.39 is 35.4 Å². The maximum Gasteiger partial charge on any atom is 0.252 e. The van der Waals surface area contributed by atoms with Crippen LogP contribution >= 0.6 is 0 Å². The summed E-state index contributed by atoms with van der Waals surface area (Å²) in [7, 11) is 1.45. The molecule has 1 aliphatic carbocycles. The first-order valence-corrected chi connectivity index (χ1v) is 6.69. The van der Waals surface area contributed by atoms with Gasteiger partial charge in [-0.25, -0.2) is 8.78 Å². The topological polar surface area (TPSA) is 87.3 Å². The number of imide groups is 1. The van der Waals surface area contributed by atoms with Gasteiger partial charge in [-0.3, -0.25) is 19.7 Å². The molecule has 3 N–H and O–H groups in total. The van der Waals surface area contributed by atoms with Gasteiger partial charge in [0, 0.05) is 25.5 Å². The van der Waals surface area contributed by atoms with Crippen molar-refractivity contribution in [1.29, 1.82) is 0 Å². The molecule has 3 amide bonds. The fraction of sp³-hybridized carbons (Fsp3) is 0.357. The van der Waals surface area contributed by atoms with E-state index in [-0.39, 0.29) is 30.5 Å². The molecule has 8 heteroatoms. The number of rotatable bonds is 3. The molecule has 118 valence electrons. The summed E-state index contributed by atoms with van der Waals surface area (Å²) >= 11 is 0. The van der Waals surface area contributed by atoms with Gasteiger partial charge in [0.15, 0.2) is 0 Å². The van der Waals surface area contributed by atoms with Crippen LogP contribution in [0.15, 0.2) is 35.1 Å². The largest absolute Gasteiger partial charge is 0.389 e. The molecule has 1 heterocycles. The number of carbonyl (C=O) groups is 3. The van der Waals surface area contributed by atoms with Crippen molar-refractivity contribution >= 4 is 17.7 Å². The molecular formula is C14H15F2N3O3. The van der Waals surface area contributed by atoms with Crippen LogP contribution in [0.25, 0.3) is 0 Å². The highest BCUT2D eigenvalue weighted by Gasteiger charge is 2.28. The maximum atomic E-state index is 13.8. The number of carbonyl (C=O) groups excluding carboxylic acids is 3. The molecule has 6 nitrogen and oxygen atoms in total. The standard InChI is InChI=1S/C14H15F2N3O3/c1-17-11-6-8(15)4-7(5-9(11)16)13(21)18-10-2-3-12(20)19-14(10)22/h4-5,10,17H,2-3,6H2,1H3,(H,18,21)(H,19,20,22). The monoisotopic (exact) mass is 311 g/mol. The number of halogens is 2. The highest BCUT2D eigenvalue weighted by molar-refractivity contribution is 6.04. The second kappa shape index (κ2) is 6.50. The van der Waals surface area contributed by atoms with Gasteiger partial charge < -0.3 is 10.6 Å². The molecular weight excluding hydrogens is 296 g/mol. The van der Waals surface area contributed by atoms with Gasteiger partial charge in [-0.05, 0) is 18.6 Å². The summed E-state index contributed by atoms with van der Waals surface area (Å²) in [4.78, 5) is 34.7. The summed E-state index contributed by atoms with van der Waals surface area (Å²) in [6, 6.07) is -0.901. The Balaban J connectivity index is 2.15. The zero-order valence-corrected chi connectivity index (χ0v) is 11.8. The van der Waals surface area contributed by atoms with Crippen LogP contribution in [0.3, 0.4) is 0 Å². The van der Waals surface area contributed by atoms with Crippen molar-refractivity contribution < 1.29 is 23.2 Å². The van der Waals surface area contributed by atoms with Gasteiger partial charge >= 0.3 is 0 Å². The number of allylic oxidation sites excluding steroid dienone is 3. The van der Waals surface area contributed by atoms with Gasteiger partial charge in [-0.1, -0.05) is 0 Å². The van der Waals surface area contributed by atoms with Crippen LogP contribution < -0.4 is 16.0 Å². The molecule has 0 aromatic rings. The summed E-state index contributed by atoms with van der Waals surface area (Å²) in [5.74, 6) is -3.25. The molecule has 0 aromatic carbocycles. The van der Waals surface area contributed by atoms with E-state index in [1.807, 2.05) is 0 Å². The highest BCUT2D eigenvalue weighted by atomic mass is 19.1. The van der Waals surface area contributed by atoms with Crippen molar-refractivity contribution in [3.8, 4) is 0 Å². The second-order valence-corrected chi connectivity index (χ2v) is 4.92. The molecule has 1 unspecified atom stereocenters. The Morgan fingerprint density at radius 3 is 2.68 bits per heavy atom. The van der Waals surface area contributed by atoms with Gasteiger partial charge in [0.25, 0.3) is 5.91 Å². The Morgan fingerprint density at radius 1 is 1.32 bits per heavy atom. The lowest BCUT2D eigenvalue weighted by Crippen LogP contribution is -2.52. The van der Waals surface area contributed by atoms with Gasteiger partial charge in [0.2, 0.25) is 11.8 Å². The van der Waals surface area contributed by atoms with E-state index in [2.05, 4.69) is 16.0 Å². The molecule has 2 rings (SSSR count). The van der Waals surface area contributed by atoms with Crippen molar-refractivity contribution in [2.45, 2.75) is 25.3 Å². The first kappa shape index (κ1) is 15.9. The average Bonchev–Trinajstić information content (AvgIpc) is 2.60. The van der Waals surface area contributed by atoms with Gasteiger partial charge in [0.1, 0.15) is 17.7 Å². The van der Waals surface area contributed by atoms with Crippen molar-refractivity contribution in [2.75, 3.05) is 7.05 Å². The van der Waals surface area contributed by atoms with Crippen molar-refractivity contribution in [1.82, 2.24) is 16.0 Å². The zero-order valence-electron chi connectivity index (χ0n) is 11.8. The normalized spacial score (nSPS) is 22.4. The molecule has 22 heavy (non-hydrogen) atoms. The van der Waals surface area contributed by atoms with E-state index in [0.29, 0.717) is 0 Å². The number of hydrogen-bond acceptors (Lipinski definition) is 4. The smallest absolute Gasteiger partial charge is 0.252 e. The molecule has 0 aromatic heterocycles. The minimum absolute atomic E-state index is 0.0255. The van der Waals surface area contributed by atoms with Crippen LogP contribution in [0.1, 0.15) is 19.3 Å². The zero-order chi connectivity index (χ0) is 16.3. The summed E-state index contributed by atoms with van der Waals surface area (Å²) < 4.78 is 27.5. The van der Waals surface area contributed by atoms with E-state index in [1.54, 1.807) is 0 Å². The van der Waals surface area contributed by atoms with Gasteiger partial charge in [-0.15, -0.1) is 0 Å². The fourth-order valence-corrected chi connectivity index (χ4v) is 2.15. The minimum Gasteiger partial charge on any atom is -0.389 e. The fourth-order valence-electron chi connectivity index (χ4n) is 2.15. The van der Waals surface area contributed by atoms with E-state index in [1.165, 1.54) is 7.05 Å². The van der Waals surface area contributed by atoms with Crippen LogP contribution in [0.2, 0.25) is 0 Å². The Kier molecular flexibility index (Phi) is 4.69. The third-order valence-corrected chi connectivity index (χ3v) is 3.34. The summed E-state index contributed by atoms with van der Waals surface area (Å²) in [5, 5.41) is 6.98. The number of nitrogens with one attached hydrogen (secondary N) is 3. The first-order chi connectivity index (χ1) is 10.4. The lowest BCUT2D eigenvalue weighted by Gasteiger charge is -2.21.